The van der Waals surface area contributed by atoms with Gasteiger partial charge in [-0.25, -0.2) is 4.98 Å². The Morgan fingerprint density at radius 2 is 2.10 bits per heavy atom. The summed E-state index contributed by atoms with van der Waals surface area (Å²) in [6.45, 7) is 0.693. The van der Waals surface area contributed by atoms with Crippen LogP contribution in [0.2, 0.25) is 0 Å². The predicted octanol–water partition coefficient (Wildman–Crippen LogP) is 1.70. The first-order chi connectivity index (χ1) is 14.2. The third-order valence-electron chi connectivity index (χ3n) is 4.78. The van der Waals surface area contributed by atoms with Crippen LogP contribution in [-0.2, 0) is 17.8 Å². The van der Waals surface area contributed by atoms with Gasteiger partial charge in [0.05, 0.1) is 12.7 Å². The van der Waals surface area contributed by atoms with Crippen LogP contribution in [0.1, 0.15) is 46.7 Å². The molecule has 1 aliphatic rings. The summed E-state index contributed by atoms with van der Waals surface area (Å²) in [6, 6.07) is 9.79. The van der Waals surface area contributed by atoms with Crippen molar-refractivity contribution in [2.45, 2.75) is 31.8 Å². The number of aromatic nitrogens is 4. The molecule has 0 spiro atoms. The third-order valence-corrected chi connectivity index (χ3v) is 4.78. The minimum absolute atomic E-state index is 0.0848. The molecular weight excluding hydrogens is 372 g/mol. The van der Waals surface area contributed by atoms with Gasteiger partial charge >= 0.3 is 0 Å². The van der Waals surface area contributed by atoms with Crippen molar-refractivity contribution in [2.75, 3.05) is 6.54 Å². The van der Waals surface area contributed by atoms with Crippen molar-refractivity contribution < 1.29 is 14.1 Å². The number of rotatable bonds is 7. The van der Waals surface area contributed by atoms with E-state index in [-0.39, 0.29) is 30.1 Å². The fraction of sp³-hybridized carbons (Fsp3) is 0.300. The van der Waals surface area contributed by atoms with Crippen molar-refractivity contribution in [2.24, 2.45) is 0 Å². The molecule has 2 aromatic heterocycles. The van der Waals surface area contributed by atoms with Gasteiger partial charge in [-0.3, -0.25) is 14.6 Å². The van der Waals surface area contributed by atoms with Gasteiger partial charge in [-0.15, -0.1) is 0 Å². The molecule has 9 heteroatoms. The monoisotopic (exact) mass is 392 g/mol. The Bertz CT molecular complexity index is 976. The lowest BCUT2D eigenvalue weighted by atomic mass is 10.1. The molecule has 1 aliphatic heterocycles. The van der Waals surface area contributed by atoms with Gasteiger partial charge in [0.25, 0.3) is 5.91 Å². The second-order valence-electron chi connectivity index (χ2n) is 6.70. The molecule has 0 aliphatic carbocycles. The van der Waals surface area contributed by atoms with E-state index in [1.54, 1.807) is 4.90 Å². The van der Waals surface area contributed by atoms with E-state index in [1.807, 2.05) is 30.3 Å². The van der Waals surface area contributed by atoms with E-state index < -0.39 is 0 Å². The summed E-state index contributed by atoms with van der Waals surface area (Å²) in [5.74, 6) is 0.457. The number of likely N-dealkylation sites (tertiary alicyclic amines) is 1. The van der Waals surface area contributed by atoms with Crippen LogP contribution >= 0.6 is 0 Å². The van der Waals surface area contributed by atoms with Crippen LogP contribution < -0.4 is 5.32 Å². The van der Waals surface area contributed by atoms with Crippen molar-refractivity contribution in [3.63, 3.8) is 0 Å². The number of carbonyl (C=O) groups excluding carboxylic acids is 2. The van der Waals surface area contributed by atoms with E-state index in [4.69, 9.17) is 4.52 Å². The first-order valence-electron chi connectivity index (χ1n) is 9.41. The lowest BCUT2D eigenvalue weighted by molar-refractivity contribution is -0.129. The average molecular weight is 392 g/mol. The minimum Gasteiger partial charge on any atom is -0.343 e. The van der Waals surface area contributed by atoms with E-state index in [2.05, 4.69) is 25.4 Å². The Labute approximate surface area is 167 Å². The summed E-state index contributed by atoms with van der Waals surface area (Å²) in [5.41, 5.74) is 1.38. The van der Waals surface area contributed by atoms with Gasteiger partial charge in [-0.1, -0.05) is 35.5 Å². The smallest absolute Gasteiger partial charge is 0.271 e. The Balaban J connectivity index is 1.37. The van der Waals surface area contributed by atoms with Gasteiger partial charge in [-0.2, -0.15) is 4.98 Å². The van der Waals surface area contributed by atoms with Gasteiger partial charge in [0.2, 0.25) is 11.8 Å². The van der Waals surface area contributed by atoms with Crippen molar-refractivity contribution in [1.82, 2.24) is 30.3 Å². The number of nitrogens with one attached hydrogen (secondary N) is 1. The lowest BCUT2D eigenvalue weighted by Gasteiger charge is -2.21. The van der Waals surface area contributed by atoms with Crippen LogP contribution in [0, 0.1) is 0 Å². The summed E-state index contributed by atoms with van der Waals surface area (Å²) in [7, 11) is 0. The molecule has 1 aromatic carbocycles. The number of carbonyl (C=O) groups is 2. The predicted molar refractivity (Wildman–Crippen MR) is 101 cm³/mol. The maximum atomic E-state index is 12.3. The van der Waals surface area contributed by atoms with Gasteiger partial charge in [-0.05, 0) is 18.4 Å². The number of nitrogens with zero attached hydrogens (tertiary/aromatic N) is 5. The van der Waals surface area contributed by atoms with Crippen molar-refractivity contribution >= 4 is 11.8 Å². The molecule has 3 aromatic rings. The molecule has 0 unspecified atom stereocenters. The zero-order valence-corrected chi connectivity index (χ0v) is 15.7. The average Bonchev–Trinajstić information content (AvgIpc) is 3.38. The minimum atomic E-state index is -0.370. The highest BCUT2D eigenvalue weighted by Crippen LogP contribution is 2.31. The highest BCUT2D eigenvalue weighted by atomic mass is 16.5. The largest absolute Gasteiger partial charge is 0.343 e. The second-order valence-corrected chi connectivity index (χ2v) is 6.70. The number of amides is 2. The third kappa shape index (κ3) is 4.45. The molecule has 0 radical (unpaired) electrons. The van der Waals surface area contributed by atoms with E-state index >= 15 is 0 Å². The molecule has 0 saturated carbocycles. The molecule has 1 N–H and O–H groups in total. The number of hydrogen-bond donors (Lipinski definition) is 1. The van der Waals surface area contributed by atoms with Crippen molar-refractivity contribution in [3.05, 3.63) is 71.9 Å². The molecule has 29 heavy (non-hydrogen) atoms. The Morgan fingerprint density at radius 3 is 2.90 bits per heavy atom. The zero-order valence-electron chi connectivity index (χ0n) is 15.7. The molecule has 0 bridgehead atoms. The summed E-state index contributed by atoms with van der Waals surface area (Å²) in [5, 5.41) is 6.61. The van der Waals surface area contributed by atoms with Crippen molar-refractivity contribution in [1.29, 1.82) is 0 Å². The first kappa shape index (κ1) is 18.7. The molecule has 3 heterocycles. The fourth-order valence-electron chi connectivity index (χ4n) is 3.31. The molecule has 148 valence electrons. The first-order valence-corrected chi connectivity index (χ1v) is 9.41. The Morgan fingerprint density at radius 1 is 1.24 bits per heavy atom. The maximum Gasteiger partial charge on any atom is 0.271 e. The summed E-state index contributed by atoms with van der Waals surface area (Å²) < 4.78 is 5.38. The van der Waals surface area contributed by atoms with Crippen LogP contribution in [0.3, 0.4) is 0 Å². The summed E-state index contributed by atoms with van der Waals surface area (Å²) in [6.07, 6.45) is 6.18. The molecule has 1 atom stereocenters. The zero-order chi connectivity index (χ0) is 20.1. The highest BCUT2D eigenvalue weighted by Gasteiger charge is 2.35. The van der Waals surface area contributed by atoms with Gasteiger partial charge in [0.1, 0.15) is 11.7 Å². The van der Waals surface area contributed by atoms with Gasteiger partial charge in [0.15, 0.2) is 5.82 Å². The van der Waals surface area contributed by atoms with E-state index in [9.17, 15) is 9.59 Å². The van der Waals surface area contributed by atoms with Crippen LogP contribution in [0.25, 0.3) is 0 Å². The summed E-state index contributed by atoms with van der Waals surface area (Å²) >= 11 is 0. The molecule has 1 fully saturated rings. The SMILES string of the molecule is O=C(NCc1noc([C@@H]2CCC(=O)N2CCc2ccccc2)n1)c1cnccn1. The Kier molecular flexibility index (Phi) is 5.55. The van der Waals surface area contributed by atoms with Crippen molar-refractivity contribution in [3.8, 4) is 0 Å². The topological polar surface area (TPSA) is 114 Å². The molecule has 9 nitrogen and oxygen atoms in total. The van der Waals surface area contributed by atoms with E-state index in [1.165, 1.54) is 24.2 Å². The molecular formula is C20H20N6O3. The normalized spacial score (nSPS) is 16.2. The molecule has 2 amide bonds. The second kappa shape index (κ2) is 8.59. The van der Waals surface area contributed by atoms with Gasteiger partial charge < -0.3 is 14.7 Å². The number of benzene rings is 1. The van der Waals surface area contributed by atoms with E-state index in [0.29, 0.717) is 31.1 Å². The maximum absolute atomic E-state index is 12.3. The lowest BCUT2D eigenvalue weighted by Crippen LogP contribution is -2.30. The van der Waals surface area contributed by atoms with Crippen LogP contribution in [0.15, 0.2) is 53.4 Å². The van der Waals surface area contributed by atoms with E-state index in [0.717, 1.165) is 6.42 Å². The van der Waals surface area contributed by atoms with Crippen LogP contribution in [0.4, 0.5) is 0 Å². The number of hydrogen-bond acceptors (Lipinski definition) is 7. The van der Waals surface area contributed by atoms with Crippen LogP contribution in [-0.4, -0.2) is 43.4 Å². The molecule has 1 saturated heterocycles. The quantitative estimate of drug-likeness (QED) is 0.651. The van der Waals surface area contributed by atoms with Gasteiger partial charge in [0, 0.05) is 25.4 Å². The van der Waals surface area contributed by atoms with Crippen LogP contribution in [0.5, 0.6) is 0 Å². The summed E-state index contributed by atoms with van der Waals surface area (Å²) in [4.78, 5) is 38.3. The highest BCUT2D eigenvalue weighted by molar-refractivity contribution is 5.91. The fourth-order valence-corrected chi connectivity index (χ4v) is 3.31. The Hall–Kier alpha value is -3.62. The molecule has 4 rings (SSSR count). The standard InChI is InChI=1S/C20H20N6O3/c27-18-7-6-16(26(18)11-8-14-4-2-1-3-5-14)20-24-17(25-29-20)13-23-19(28)15-12-21-9-10-22-15/h1-5,9-10,12,16H,6-8,11,13H2,(H,23,28)/t16-/m0/s1.